The molecule has 2 N–H and O–H groups in total. The first-order chi connectivity index (χ1) is 14.6. The molecule has 2 aromatic carbocycles. The second kappa shape index (κ2) is 8.84. The highest BCUT2D eigenvalue weighted by Gasteiger charge is 2.12. The van der Waals surface area contributed by atoms with E-state index in [4.69, 9.17) is 16.7 Å². The summed E-state index contributed by atoms with van der Waals surface area (Å²) in [5.41, 5.74) is 5.39. The second-order valence-corrected chi connectivity index (χ2v) is 7.17. The Morgan fingerprint density at radius 3 is 2.37 bits per heavy atom. The highest BCUT2D eigenvalue weighted by atomic mass is 32.1. The number of nitrogens with one attached hydrogen (secondary N) is 2. The fraction of sp³-hybridized carbons (Fsp3) is 0.0870. The van der Waals surface area contributed by atoms with Gasteiger partial charge in [-0.2, -0.15) is 0 Å². The van der Waals surface area contributed by atoms with E-state index in [0.717, 1.165) is 33.6 Å². The Hall–Kier alpha value is -3.58. The van der Waals surface area contributed by atoms with Gasteiger partial charge in [-0.3, -0.25) is 4.98 Å². The van der Waals surface area contributed by atoms with Gasteiger partial charge in [-0.25, -0.2) is 4.39 Å². The van der Waals surface area contributed by atoms with Gasteiger partial charge in [0.05, 0.1) is 6.04 Å². The van der Waals surface area contributed by atoms with Gasteiger partial charge >= 0.3 is 0 Å². The van der Waals surface area contributed by atoms with E-state index in [9.17, 15) is 4.39 Å². The third kappa shape index (κ3) is 4.52. The molecule has 4 aromatic rings. The molecule has 5 nitrogen and oxygen atoms in total. The maximum Gasteiger partial charge on any atom is 0.171 e. The third-order valence-corrected chi connectivity index (χ3v) is 4.91. The van der Waals surface area contributed by atoms with Crippen LogP contribution in [0.1, 0.15) is 18.5 Å². The molecule has 0 aliphatic heterocycles. The van der Waals surface area contributed by atoms with Gasteiger partial charge in [-0.1, -0.05) is 29.4 Å². The molecule has 2 aromatic heterocycles. The van der Waals surface area contributed by atoms with Crippen LogP contribution in [-0.2, 0) is 0 Å². The zero-order chi connectivity index (χ0) is 20.9. The summed E-state index contributed by atoms with van der Waals surface area (Å²) in [6, 6.07) is 17.9. The van der Waals surface area contributed by atoms with E-state index in [2.05, 4.69) is 20.8 Å². The molecule has 0 radical (unpaired) electrons. The van der Waals surface area contributed by atoms with Crippen molar-refractivity contribution in [3.63, 3.8) is 0 Å². The quantitative estimate of drug-likeness (QED) is 0.412. The highest BCUT2D eigenvalue weighted by Crippen LogP contribution is 2.31. The summed E-state index contributed by atoms with van der Waals surface area (Å²) in [6.07, 6.45) is 5.08. The van der Waals surface area contributed by atoms with E-state index in [1.165, 1.54) is 12.1 Å². The Labute approximate surface area is 179 Å². The van der Waals surface area contributed by atoms with Crippen molar-refractivity contribution in [3.8, 4) is 22.4 Å². The molecule has 7 heteroatoms. The number of hydrogen-bond acceptors (Lipinski definition) is 4. The summed E-state index contributed by atoms with van der Waals surface area (Å²) in [5, 5.41) is 11.0. The minimum atomic E-state index is -0.258. The minimum Gasteiger partial charge on any atom is -0.363 e. The molecule has 0 amide bonds. The summed E-state index contributed by atoms with van der Waals surface area (Å²) in [4.78, 5) is 4.04. The van der Waals surface area contributed by atoms with Crippen LogP contribution in [0.15, 0.2) is 83.8 Å². The molecule has 0 fully saturated rings. The van der Waals surface area contributed by atoms with Gasteiger partial charge in [0.25, 0.3) is 0 Å². The van der Waals surface area contributed by atoms with Gasteiger partial charge in [-0.15, -0.1) is 0 Å². The number of benzene rings is 2. The van der Waals surface area contributed by atoms with Crippen molar-refractivity contribution < 1.29 is 8.91 Å². The zero-order valence-corrected chi connectivity index (χ0v) is 17.0. The highest BCUT2D eigenvalue weighted by molar-refractivity contribution is 7.80. The molecule has 2 heterocycles. The number of halogens is 1. The Morgan fingerprint density at radius 1 is 0.967 bits per heavy atom. The van der Waals surface area contributed by atoms with E-state index in [0.29, 0.717) is 5.11 Å². The van der Waals surface area contributed by atoms with E-state index < -0.39 is 0 Å². The predicted octanol–water partition coefficient (Wildman–Crippen LogP) is 5.59. The van der Waals surface area contributed by atoms with Crippen LogP contribution in [0.3, 0.4) is 0 Å². The Morgan fingerprint density at radius 2 is 1.67 bits per heavy atom. The SMILES string of the molecule is CC(NC(=S)Nc1ccc(-c2conc2-c2ccncc2)cc1)c1ccc(F)cc1. The van der Waals surface area contributed by atoms with Crippen LogP contribution in [0.25, 0.3) is 22.4 Å². The Bertz CT molecular complexity index is 1130. The standard InChI is InChI=1S/C23H19FN4OS/c1-15(16-2-6-19(24)7-3-16)26-23(30)27-20-8-4-17(5-9-20)21-14-29-28-22(21)18-10-12-25-13-11-18/h2-15H,1H3,(H2,26,27,30). The molecular weight excluding hydrogens is 399 g/mol. The molecule has 0 saturated heterocycles. The summed E-state index contributed by atoms with van der Waals surface area (Å²) in [7, 11) is 0. The molecule has 1 unspecified atom stereocenters. The third-order valence-electron chi connectivity index (χ3n) is 4.69. The molecule has 30 heavy (non-hydrogen) atoms. The van der Waals surface area contributed by atoms with Crippen molar-refractivity contribution in [2.45, 2.75) is 13.0 Å². The van der Waals surface area contributed by atoms with Crippen molar-refractivity contribution in [1.29, 1.82) is 0 Å². The molecule has 0 saturated carbocycles. The van der Waals surface area contributed by atoms with Crippen molar-refractivity contribution >= 4 is 23.0 Å². The van der Waals surface area contributed by atoms with Crippen LogP contribution >= 0.6 is 12.2 Å². The zero-order valence-electron chi connectivity index (χ0n) is 16.2. The van der Waals surface area contributed by atoms with Crippen LogP contribution in [0.2, 0.25) is 0 Å². The topological polar surface area (TPSA) is 63.0 Å². The molecule has 1 atom stereocenters. The largest absolute Gasteiger partial charge is 0.363 e. The summed E-state index contributed by atoms with van der Waals surface area (Å²) >= 11 is 5.41. The predicted molar refractivity (Wildman–Crippen MR) is 119 cm³/mol. The van der Waals surface area contributed by atoms with Gasteiger partial charge in [-0.05, 0) is 66.7 Å². The van der Waals surface area contributed by atoms with E-state index >= 15 is 0 Å². The lowest BCUT2D eigenvalue weighted by molar-refractivity contribution is 0.422. The maximum atomic E-state index is 13.1. The van der Waals surface area contributed by atoms with Gasteiger partial charge in [0.15, 0.2) is 5.11 Å². The van der Waals surface area contributed by atoms with Crippen molar-refractivity contribution in [2.75, 3.05) is 5.32 Å². The summed E-state index contributed by atoms with van der Waals surface area (Å²) < 4.78 is 18.3. The number of rotatable bonds is 5. The molecule has 0 spiro atoms. The minimum absolute atomic E-state index is 0.0511. The van der Waals surface area contributed by atoms with Crippen LogP contribution in [-0.4, -0.2) is 15.3 Å². The molecule has 0 aliphatic carbocycles. The lowest BCUT2D eigenvalue weighted by atomic mass is 10.0. The number of thiocarbonyl (C=S) groups is 1. The van der Waals surface area contributed by atoms with Crippen molar-refractivity contribution in [3.05, 3.63) is 90.7 Å². The fourth-order valence-corrected chi connectivity index (χ4v) is 3.39. The van der Waals surface area contributed by atoms with Crippen LogP contribution in [0, 0.1) is 5.82 Å². The first kappa shape index (κ1) is 19.7. The Balaban J connectivity index is 1.43. The summed E-state index contributed by atoms with van der Waals surface area (Å²) in [6.45, 7) is 1.97. The van der Waals surface area contributed by atoms with Gasteiger partial charge < -0.3 is 15.2 Å². The lowest BCUT2D eigenvalue weighted by Gasteiger charge is -2.17. The van der Waals surface area contributed by atoms with Crippen molar-refractivity contribution in [1.82, 2.24) is 15.5 Å². The lowest BCUT2D eigenvalue weighted by Crippen LogP contribution is -2.30. The average molecular weight is 418 g/mol. The molecule has 0 aliphatic rings. The number of pyridine rings is 1. The van der Waals surface area contributed by atoms with E-state index in [-0.39, 0.29) is 11.9 Å². The van der Waals surface area contributed by atoms with E-state index in [1.54, 1.807) is 30.8 Å². The van der Waals surface area contributed by atoms with Gasteiger partial charge in [0, 0.05) is 29.2 Å². The maximum absolute atomic E-state index is 13.1. The summed E-state index contributed by atoms with van der Waals surface area (Å²) in [5.74, 6) is -0.258. The van der Waals surface area contributed by atoms with Crippen LogP contribution in [0.4, 0.5) is 10.1 Å². The number of nitrogens with zero attached hydrogens (tertiary/aromatic N) is 2. The molecule has 150 valence electrons. The van der Waals surface area contributed by atoms with Crippen molar-refractivity contribution in [2.24, 2.45) is 0 Å². The fourth-order valence-electron chi connectivity index (χ4n) is 3.09. The number of aromatic nitrogens is 2. The second-order valence-electron chi connectivity index (χ2n) is 6.76. The first-order valence-corrected chi connectivity index (χ1v) is 9.79. The molecular formula is C23H19FN4OS. The average Bonchev–Trinajstić information content (AvgIpc) is 3.25. The Kier molecular flexibility index (Phi) is 5.81. The molecule has 4 rings (SSSR count). The van der Waals surface area contributed by atoms with Gasteiger partial charge in [0.2, 0.25) is 0 Å². The van der Waals surface area contributed by atoms with Crippen LogP contribution < -0.4 is 10.6 Å². The monoisotopic (exact) mass is 418 g/mol. The molecule has 0 bridgehead atoms. The van der Waals surface area contributed by atoms with Gasteiger partial charge in [0.1, 0.15) is 17.8 Å². The smallest absolute Gasteiger partial charge is 0.171 e. The number of hydrogen-bond donors (Lipinski definition) is 2. The van der Waals surface area contributed by atoms with E-state index in [1.807, 2.05) is 43.3 Å². The normalized spacial score (nSPS) is 11.7. The number of anilines is 1. The van der Waals surface area contributed by atoms with Crippen LogP contribution in [0.5, 0.6) is 0 Å². The first-order valence-electron chi connectivity index (χ1n) is 9.38.